The van der Waals surface area contributed by atoms with E-state index in [1.807, 2.05) is 25.7 Å². The summed E-state index contributed by atoms with van der Waals surface area (Å²) in [5, 5.41) is 0. The first kappa shape index (κ1) is 18.0. The highest BCUT2D eigenvalue weighted by molar-refractivity contribution is 6.05. The van der Waals surface area contributed by atoms with Crippen LogP contribution < -0.4 is 10.7 Å². The van der Waals surface area contributed by atoms with Gasteiger partial charge in [0, 0.05) is 30.9 Å². The van der Waals surface area contributed by atoms with Crippen LogP contribution in [0.15, 0.2) is 23.9 Å². The number of nitrogens with two attached hydrogens (primary N) is 1. The highest BCUT2D eigenvalue weighted by Gasteiger charge is 2.39. The molecule has 1 aliphatic carbocycles. The van der Waals surface area contributed by atoms with Crippen LogP contribution in [0.2, 0.25) is 0 Å². The lowest BCUT2D eigenvalue weighted by Gasteiger charge is -2.41. The van der Waals surface area contributed by atoms with E-state index in [4.69, 9.17) is 15.2 Å². The summed E-state index contributed by atoms with van der Waals surface area (Å²) in [6.45, 7) is 8.64. The molecule has 1 amide bonds. The van der Waals surface area contributed by atoms with Gasteiger partial charge in [0.25, 0.3) is 0 Å². The summed E-state index contributed by atoms with van der Waals surface area (Å²) in [6, 6.07) is 0.387. The molecule has 138 valence electrons. The van der Waals surface area contributed by atoms with Gasteiger partial charge in [0.1, 0.15) is 18.8 Å². The minimum Gasteiger partial charge on any atom is -0.444 e. The van der Waals surface area contributed by atoms with Crippen LogP contribution in [0.25, 0.3) is 0 Å². The average molecular weight is 348 g/mol. The minimum absolute atomic E-state index is 0.0883. The largest absolute Gasteiger partial charge is 0.444 e. The van der Waals surface area contributed by atoms with E-state index in [1.54, 1.807) is 6.20 Å². The molecule has 3 rings (SSSR count). The van der Waals surface area contributed by atoms with Gasteiger partial charge in [-0.15, -0.1) is 0 Å². The maximum Gasteiger partial charge on any atom is 0.410 e. The second kappa shape index (κ2) is 6.83. The zero-order valence-corrected chi connectivity index (χ0v) is 15.5. The summed E-state index contributed by atoms with van der Waals surface area (Å²) < 4.78 is 10.7. The molecule has 6 heteroatoms. The van der Waals surface area contributed by atoms with E-state index >= 15 is 0 Å². The Bertz CT molecular complexity index is 604. The van der Waals surface area contributed by atoms with Gasteiger partial charge in [0.05, 0.1) is 0 Å². The summed E-state index contributed by atoms with van der Waals surface area (Å²) in [4.78, 5) is 17.6. The van der Waals surface area contributed by atoms with Crippen molar-refractivity contribution >= 4 is 11.8 Å². The Morgan fingerprint density at radius 1 is 1.40 bits per heavy atom. The highest BCUT2D eigenvalue weighted by Crippen LogP contribution is 2.41. The fraction of sp³-hybridized carbons (Fsp3) is 0.684. The van der Waals surface area contributed by atoms with Crippen molar-refractivity contribution in [2.24, 2.45) is 11.1 Å². The molecule has 25 heavy (non-hydrogen) atoms. The molecule has 0 saturated carbocycles. The van der Waals surface area contributed by atoms with Gasteiger partial charge < -0.3 is 20.1 Å². The van der Waals surface area contributed by atoms with Gasteiger partial charge in [-0.05, 0) is 45.4 Å². The monoisotopic (exact) mass is 348 g/mol. The van der Waals surface area contributed by atoms with Crippen molar-refractivity contribution in [2.75, 3.05) is 26.3 Å². The lowest BCUT2D eigenvalue weighted by atomic mass is 9.70. The van der Waals surface area contributed by atoms with Gasteiger partial charge in [-0.2, -0.15) is 0 Å². The van der Waals surface area contributed by atoms with E-state index < -0.39 is 5.60 Å². The number of hydrogen-bond acceptors (Lipinski definition) is 4. The molecular formula is C19H30N3O3+. The predicted molar refractivity (Wildman–Crippen MR) is 96.1 cm³/mol. The summed E-state index contributed by atoms with van der Waals surface area (Å²) in [5.41, 5.74) is 7.79. The molecule has 6 nitrogen and oxygen atoms in total. The Hall–Kier alpha value is -1.82. The van der Waals surface area contributed by atoms with Gasteiger partial charge in [-0.1, -0.05) is 6.08 Å². The number of hydrogen-bond donors (Lipinski definition) is 2. The fourth-order valence-electron chi connectivity index (χ4n) is 3.53. The summed E-state index contributed by atoms with van der Waals surface area (Å²) in [5.74, 6) is 0. The number of nitrogens with zero attached hydrogens (tertiary/aromatic N) is 1. The quantitative estimate of drug-likeness (QED) is 0.732. The van der Waals surface area contributed by atoms with Gasteiger partial charge in [-0.25, -0.2) is 9.79 Å². The number of rotatable bonds is 1. The first-order valence-electron chi connectivity index (χ1n) is 9.10. The zero-order chi connectivity index (χ0) is 18.1. The molecule has 0 unspecified atom stereocenters. The first-order chi connectivity index (χ1) is 11.8. The number of carbonyl (C=O) groups excluding carboxylic acids is 1. The summed E-state index contributed by atoms with van der Waals surface area (Å²) in [7, 11) is 0. The molecule has 0 atom stereocenters. The highest BCUT2D eigenvalue weighted by atomic mass is 16.6. The van der Waals surface area contributed by atoms with Crippen molar-refractivity contribution in [1.29, 1.82) is 0 Å². The number of ether oxygens (including phenoxy) is 2. The zero-order valence-electron chi connectivity index (χ0n) is 15.5. The van der Waals surface area contributed by atoms with Crippen LogP contribution in [0.3, 0.4) is 0 Å². The number of nitrogens with one attached hydrogen (secondary N) is 1. The molecule has 2 fully saturated rings. The Labute approximate surface area is 149 Å². The van der Waals surface area contributed by atoms with Gasteiger partial charge in [0.2, 0.25) is 5.71 Å². The molecule has 0 aromatic heterocycles. The second-order valence-electron chi connectivity index (χ2n) is 8.32. The Morgan fingerprint density at radius 2 is 2.08 bits per heavy atom. The van der Waals surface area contributed by atoms with Crippen LogP contribution in [0.1, 0.15) is 40.0 Å². The lowest BCUT2D eigenvalue weighted by Crippen LogP contribution is -2.85. The van der Waals surface area contributed by atoms with E-state index in [2.05, 4.69) is 17.1 Å². The van der Waals surface area contributed by atoms with Crippen molar-refractivity contribution in [1.82, 2.24) is 4.90 Å². The SMILES string of the molecule is CC(C)(C)OC(=O)N1CCC2(C=CC(=[NH+]C3COC3)C(=CN)C2)CC1. The molecule has 1 spiro atoms. The standard InChI is InChI=1S/C19H29N3O3/c1-18(2,3)25-17(23)22-8-6-19(7-9-22)5-4-16(14(10-19)11-20)21-15-12-24-13-15/h4-5,11,15H,6-10,12-13,20H2,1-3H3/p+1. The summed E-state index contributed by atoms with van der Waals surface area (Å²) in [6.07, 6.45) is 8.74. The van der Waals surface area contributed by atoms with Crippen LogP contribution in [0.5, 0.6) is 0 Å². The maximum absolute atomic E-state index is 12.2. The van der Waals surface area contributed by atoms with Gasteiger partial charge in [0.15, 0.2) is 6.04 Å². The number of allylic oxidation sites excluding steroid dienone is 3. The topological polar surface area (TPSA) is 78.8 Å². The van der Waals surface area contributed by atoms with E-state index in [-0.39, 0.29) is 11.5 Å². The Morgan fingerprint density at radius 3 is 2.60 bits per heavy atom. The van der Waals surface area contributed by atoms with Crippen LogP contribution in [0, 0.1) is 5.41 Å². The maximum atomic E-state index is 12.2. The van der Waals surface area contributed by atoms with E-state index in [9.17, 15) is 4.79 Å². The smallest absolute Gasteiger partial charge is 0.410 e. The second-order valence-corrected chi connectivity index (χ2v) is 8.32. The third kappa shape index (κ3) is 4.24. The normalized spacial score (nSPS) is 26.9. The van der Waals surface area contributed by atoms with Crippen molar-refractivity contribution in [3.8, 4) is 0 Å². The Balaban J connectivity index is 1.64. The first-order valence-corrected chi connectivity index (χ1v) is 9.10. The molecule has 0 bridgehead atoms. The number of carbonyl (C=O) groups is 1. The number of piperidine rings is 1. The van der Waals surface area contributed by atoms with E-state index in [0.717, 1.165) is 56.9 Å². The summed E-state index contributed by atoms with van der Waals surface area (Å²) >= 11 is 0. The average Bonchev–Trinajstić information content (AvgIpc) is 2.51. The van der Waals surface area contributed by atoms with Crippen molar-refractivity contribution in [3.63, 3.8) is 0 Å². The molecule has 0 radical (unpaired) electrons. The van der Waals surface area contributed by atoms with Gasteiger partial charge >= 0.3 is 6.09 Å². The van der Waals surface area contributed by atoms with Crippen molar-refractivity contribution in [3.05, 3.63) is 23.9 Å². The molecule has 3 N–H and O–H groups in total. The third-order valence-corrected chi connectivity index (χ3v) is 5.10. The minimum atomic E-state index is -0.451. The molecule has 0 aromatic carbocycles. The van der Waals surface area contributed by atoms with Crippen LogP contribution >= 0.6 is 0 Å². The molecule has 2 heterocycles. The number of likely N-dealkylation sites (tertiary alicyclic amines) is 1. The molecule has 2 saturated heterocycles. The fourth-order valence-corrected chi connectivity index (χ4v) is 3.53. The Kier molecular flexibility index (Phi) is 4.91. The van der Waals surface area contributed by atoms with Crippen LogP contribution in [0.4, 0.5) is 4.79 Å². The van der Waals surface area contributed by atoms with Gasteiger partial charge in [-0.3, -0.25) is 0 Å². The van der Waals surface area contributed by atoms with Crippen LogP contribution in [-0.2, 0) is 9.47 Å². The molecule has 0 aromatic rings. The van der Waals surface area contributed by atoms with Crippen LogP contribution in [-0.4, -0.2) is 54.7 Å². The molecule has 2 aliphatic heterocycles. The lowest BCUT2D eigenvalue weighted by molar-refractivity contribution is -0.535. The van der Waals surface area contributed by atoms with Crippen molar-refractivity contribution < 1.29 is 19.3 Å². The third-order valence-electron chi connectivity index (χ3n) is 5.10. The molecule has 3 aliphatic rings. The van der Waals surface area contributed by atoms with E-state index in [0.29, 0.717) is 6.04 Å². The predicted octanol–water partition coefficient (Wildman–Crippen LogP) is 0.727. The van der Waals surface area contributed by atoms with E-state index in [1.165, 1.54) is 0 Å². The van der Waals surface area contributed by atoms with Crippen molar-refractivity contribution in [2.45, 2.75) is 51.7 Å². The number of amides is 1. The molecular weight excluding hydrogens is 318 g/mol.